The standard InChI is InChI=1S/C24H19ClF2N4O3S2/c25-17-7-9-22(19(13-17)24(32)28-11-10-16-6-8-18(26)14-20(16)27)31(36(33)34)23-21(29-35-30-23)12-15-4-2-1-3-5-15/h1-9,13-14H,10-12H2,(H,28,32)(H,33,34). The lowest BCUT2D eigenvalue weighted by atomic mass is 10.1. The molecule has 2 N–H and O–H groups in total. The van der Waals surface area contributed by atoms with E-state index in [-0.39, 0.29) is 40.6 Å². The molecule has 1 heterocycles. The van der Waals surface area contributed by atoms with E-state index in [4.69, 9.17) is 11.6 Å². The van der Waals surface area contributed by atoms with Crippen LogP contribution in [0.5, 0.6) is 0 Å². The van der Waals surface area contributed by atoms with Crippen LogP contribution in [0.25, 0.3) is 0 Å². The van der Waals surface area contributed by atoms with Crippen LogP contribution in [0.1, 0.15) is 27.2 Å². The number of carbonyl (C=O) groups excluding carboxylic acids is 1. The highest BCUT2D eigenvalue weighted by atomic mass is 35.5. The summed E-state index contributed by atoms with van der Waals surface area (Å²) in [5.41, 5.74) is 1.73. The van der Waals surface area contributed by atoms with Crippen molar-refractivity contribution in [3.05, 3.63) is 106 Å². The van der Waals surface area contributed by atoms with Crippen molar-refractivity contribution in [1.29, 1.82) is 0 Å². The van der Waals surface area contributed by atoms with Crippen molar-refractivity contribution in [2.45, 2.75) is 12.8 Å². The lowest BCUT2D eigenvalue weighted by molar-refractivity contribution is 0.0954. The van der Waals surface area contributed by atoms with Gasteiger partial charge in [-0.1, -0.05) is 48.0 Å². The first kappa shape index (κ1) is 25.8. The van der Waals surface area contributed by atoms with Gasteiger partial charge in [0.2, 0.25) is 0 Å². The van der Waals surface area contributed by atoms with Crippen molar-refractivity contribution in [3.63, 3.8) is 0 Å². The van der Waals surface area contributed by atoms with Crippen LogP contribution in [0.15, 0.2) is 66.7 Å². The molecule has 4 rings (SSSR count). The molecule has 4 aromatic rings. The molecule has 3 aromatic carbocycles. The molecule has 36 heavy (non-hydrogen) atoms. The normalized spacial score (nSPS) is 11.8. The molecule has 0 aliphatic carbocycles. The highest BCUT2D eigenvalue weighted by molar-refractivity contribution is 7.81. The number of rotatable bonds is 9. The van der Waals surface area contributed by atoms with E-state index >= 15 is 0 Å². The van der Waals surface area contributed by atoms with Crippen LogP contribution < -0.4 is 9.62 Å². The molecule has 0 bridgehead atoms. The Kier molecular flexibility index (Phi) is 8.36. The molecule has 1 amide bonds. The molecule has 12 heteroatoms. The van der Waals surface area contributed by atoms with E-state index in [1.807, 2.05) is 30.3 Å². The number of amides is 1. The molecule has 0 aliphatic heterocycles. The van der Waals surface area contributed by atoms with Crippen molar-refractivity contribution in [2.24, 2.45) is 0 Å². The Morgan fingerprint density at radius 2 is 1.86 bits per heavy atom. The van der Waals surface area contributed by atoms with Crippen LogP contribution in [-0.2, 0) is 24.1 Å². The number of aromatic nitrogens is 2. The minimum Gasteiger partial charge on any atom is -0.352 e. The Labute approximate surface area is 217 Å². The van der Waals surface area contributed by atoms with Crippen molar-refractivity contribution in [2.75, 3.05) is 10.8 Å². The molecule has 0 saturated carbocycles. The molecule has 7 nitrogen and oxygen atoms in total. The molecular formula is C24H19ClF2N4O3S2. The summed E-state index contributed by atoms with van der Waals surface area (Å²) in [5.74, 6) is -1.87. The average Bonchev–Trinajstić information content (AvgIpc) is 3.29. The van der Waals surface area contributed by atoms with Gasteiger partial charge in [-0.25, -0.2) is 17.3 Å². The second kappa shape index (κ2) is 11.7. The van der Waals surface area contributed by atoms with Gasteiger partial charge >= 0.3 is 0 Å². The lowest BCUT2D eigenvalue weighted by Gasteiger charge is -2.21. The summed E-state index contributed by atoms with van der Waals surface area (Å²) in [4.78, 5) is 13.1. The highest BCUT2D eigenvalue weighted by Gasteiger charge is 2.27. The maximum atomic E-state index is 13.9. The van der Waals surface area contributed by atoms with E-state index in [0.717, 1.165) is 33.7 Å². The van der Waals surface area contributed by atoms with Crippen molar-refractivity contribution >= 4 is 52.0 Å². The van der Waals surface area contributed by atoms with Gasteiger partial charge in [-0.05, 0) is 41.8 Å². The fourth-order valence-electron chi connectivity index (χ4n) is 3.53. The summed E-state index contributed by atoms with van der Waals surface area (Å²) in [7, 11) is 0. The minimum absolute atomic E-state index is 0.0168. The van der Waals surface area contributed by atoms with Gasteiger partial charge in [-0.2, -0.15) is 8.75 Å². The number of nitrogens with one attached hydrogen (secondary N) is 1. The number of nitrogens with zero attached hydrogens (tertiary/aromatic N) is 3. The van der Waals surface area contributed by atoms with Gasteiger partial charge < -0.3 is 5.32 Å². The maximum Gasteiger partial charge on any atom is 0.268 e. The Hall–Kier alpha value is -3.25. The quantitative estimate of drug-likeness (QED) is 0.276. The Balaban J connectivity index is 1.60. The van der Waals surface area contributed by atoms with E-state index in [0.29, 0.717) is 12.1 Å². The fraction of sp³-hybridized carbons (Fsp3) is 0.125. The van der Waals surface area contributed by atoms with Crippen LogP contribution in [0.2, 0.25) is 5.02 Å². The second-order valence-electron chi connectivity index (χ2n) is 7.63. The first-order chi connectivity index (χ1) is 17.3. The van der Waals surface area contributed by atoms with Gasteiger partial charge in [0, 0.05) is 24.1 Å². The van der Waals surface area contributed by atoms with E-state index in [9.17, 15) is 22.3 Å². The molecule has 0 radical (unpaired) electrons. The summed E-state index contributed by atoms with van der Waals surface area (Å²) >= 11 is 4.41. The van der Waals surface area contributed by atoms with Gasteiger partial charge in [0.25, 0.3) is 17.2 Å². The van der Waals surface area contributed by atoms with Gasteiger partial charge in [0.05, 0.1) is 23.0 Å². The number of halogens is 3. The minimum atomic E-state index is -2.60. The zero-order valence-corrected chi connectivity index (χ0v) is 20.9. The average molecular weight is 549 g/mol. The fourth-order valence-corrected chi connectivity index (χ4v) is 4.92. The summed E-state index contributed by atoms with van der Waals surface area (Å²) in [6.07, 6.45) is 0.472. The van der Waals surface area contributed by atoms with Crippen LogP contribution in [-0.4, -0.2) is 30.0 Å². The van der Waals surface area contributed by atoms with Gasteiger partial charge in [-0.15, -0.1) is 0 Å². The summed E-state index contributed by atoms with van der Waals surface area (Å²) in [6, 6.07) is 16.9. The highest BCUT2D eigenvalue weighted by Crippen LogP contribution is 2.34. The summed E-state index contributed by atoms with van der Waals surface area (Å²) in [6.45, 7) is 0.0348. The first-order valence-electron chi connectivity index (χ1n) is 10.6. The third-order valence-corrected chi connectivity index (χ3v) is 6.69. The first-order valence-corrected chi connectivity index (χ1v) is 12.8. The molecule has 0 saturated heterocycles. The van der Waals surface area contributed by atoms with Gasteiger partial charge in [0.1, 0.15) is 17.3 Å². The Morgan fingerprint density at radius 3 is 2.58 bits per heavy atom. The van der Waals surface area contributed by atoms with Crippen LogP contribution in [0.4, 0.5) is 20.3 Å². The van der Waals surface area contributed by atoms with E-state index in [1.54, 1.807) is 0 Å². The van der Waals surface area contributed by atoms with Gasteiger partial charge in [-0.3, -0.25) is 9.35 Å². The molecule has 0 aliphatic rings. The van der Waals surface area contributed by atoms with Crippen LogP contribution in [0.3, 0.4) is 0 Å². The zero-order valence-electron chi connectivity index (χ0n) is 18.5. The molecule has 0 fully saturated rings. The number of hydrogen-bond donors (Lipinski definition) is 2. The monoisotopic (exact) mass is 548 g/mol. The molecular weight excluding hydrogens is 530 g/mol. The number of carbonyl (C=O) groups is 1. The number of benzene rings is 3. The smallest absolute Gasteiger partial charge is 0.268 e. The third-order valence-electron chi connectivity index (χ3n) is 5.22. The SMILES string of the molecule is O=C(NCCc1ccc(F)cc1F)c1cc(Cl)ccc1N(c1nsnc1Cc1ccccc1)S(=O)O. The van der Waals surface area contributed by atoms with Crippen LogP contribution >= 0.6 is 23.3 Å². The Bertz CT molecular complexity index is 1410. The van der Waals surface area contributed by atoms with Crippen LogP contribution in [0, 0.1) is 11.6 Å². The van der Waals surface area contributed by atoms with Crippen molar-refractivity contribution in [1.82, 2.24) is 14.1 Å². The van der Waals surface area contributed by atoms with E-state index in [2.05, 4.69) is 14.1 Å². The third kappa shape index (κ3) is 6.11. The largest absolute Gasteiger partial charge is 0.352 e. The lowest BCUT2D eigenvalue weighted by Crippen LogP contribution is -2.29. The molecule has 1 aromatic heterocycles. The van der Waals surface area contributed by atoms with Gasteiger partial charge in [0.15, 0.2) is 5.82 Å². The predicted octanol–water partition coefficient (Wildman–Crippen LogP) is 5.31. The summed E-state index contributed by atoms with van der Waals surface area (Å²) < 4.78 is 59.2. The number of anilines is 2. The predicted molar refractivity (Wildman–Crippen MR) is 136 cm³/mol. The molecule has 1 atom stereocenters. The van der Waals surface area contributed by atoms with E-state index < -0.39 is 28.8 Å². The molecule has 186 valence electrons. The molecule has 0 spiro atoms. The second-order valence-corrected chi connectivity index (χ2v) is 9.42. The van der Waals surface area contributed by atoms with Crippen molar-refractivity contribution < 1.29 is 22.3 Å². The number of hydrogen-bond acceptors (Lipinski definition) is 5. The maximum absolute atomic E-state index is 13.9. The summed E-state index contributed by atoms with van der Waals surface area (Å²) in [5, 5.41) is 2.89. The Morgan fingerprint density at radius 1 is 1.08 bits per heavy atom. The van der Waals surface area contributed by atoms with E-state index in [1.165, 1.54) is 24.3 Å². The molecule has 1 unspecified atom stereocenters. The zero-order chi connectivity index (χ0) is 25.7. The topological polar surface area (TPSA) is 95.4 Å². The van der Waals surface area contributed by atoms with Crippen molar-refractivity contribution in [3.8, 4) is 0 Å².